The second-order valence-electron chi connectivity index (χ2n) is 7.24. The number of hydrogen-bond donors (Lipinski definition) is 0. The Morgan fingerprint density at radius 2 is 2.04 bits per heavy atom. The second kappa shape index (κ2) is 9.79. The number of thioether (sulfide) groups is 1. The highest BCUT2D eigenvalue weighted by molar-refractivity contribution is 8.00. The zero-order valence-electron chi connectivity index (χ0n) is 16.9. The zero-order chi connectivity index (χ0) is 20.1. The first kappa shape index (κ1) is 21.2. The van der Waals surface area contributed by atoms with Crippen LogP contribution in [0.4, 0.5) is 0 Å². The second-order valence-corrected chi connectivity index (χ2v) is 8.98. The molecule has 2 aromatic rings. The van der Waals surface area contributed by atoms with Gasteiger partial charge in [-0.3, -0.25) is 4.79 Å². The van der Waals surface area contributed by atoms with E-state index in [1.807, 2.05) is 31.2 Å². The highest BCUT2D eigenvalue weighted by Gasteiger charge is 2.29. The third-order valence-electron chi connectivity index (χ3n) is 5.39. The third-order valence-corrected chi connectivity index (χ3v) is 6.69. The lowest BCUT2D eigenvalue weighted by atomic mass is 9.94. The van der Waals surface area contributed by atoms with Crippen LogP contribution in [0.1, 0.15) is 52.9 Å². The number of benzene rings is 1. The lowest BCUT2D eigenvalue weighted by Crippen LogP contribution is -2.44. The number of nitrogens with zero attached hydrogens (tertiary/aromatic N) is 4. The summed E-state index contributed by atoms with van der Waals surface area (Å²) in [6, 6.07) is 8.02. The van der Waals surface area contributed by atoms with Gasteiger partial charge in [0.1, 0.15) is 0 Å². The van der Waals surface area contributed by atoms with E-state index in [2.05, 4.69) is 33.5 Å². The van der Waals surface area contributed by atoms with E-state index >= 15 is 0 Å². The van der Waals surface area contributed by atoms with E-state index in [1.54, 1.807) is 0 Å². The maximum atomic E-state index is 13.1. The number of carbonyl (C=O) groups is 1. The van der Waals surface area contributed by atoms with Crippen molar-refractivity contribution in [2.45, 2.75) is 75.9 Å². The SMILES string of the molecule is CCN(C(=O)C(C)Sc1nnc(-c2cccc(Cl)c2)n1CC)C1CCCCC1. The van der Waals surface area contributed by atoms with E-state index in [1.165, 1.54) is 31.0 Å². The average Bonchev–Trinajstić information content (AvgIpc) is 3.11. The van der Waals surface area contributed by atoms with Gasteiger partial charge in [-0.15, -0.1) is 10.2 Å². The smallest absolute Gasteiger partial charge is 0.236 e. The fourth-order valence-electron chi connectivity index (χ4n) is 3.93. The molecule has 1 unspecified atom stereocenters. The molecule has 5 nitrogen and oxygen atoms in total. The minimum absolute atomic E-state index is 0.191. The Bertz CT molecular complexity index is 803. The largest absolute Gasteiger partial charge is 0.339 e. The van der Waals surface area contributed by atoms with Gasteiger partial charge in [0.05, 0.1) is 5.25 Å². The van der Waals surface area contributed by atoms with Gasteiger partial charge in [0.15, 0.2) is 11.0 Å². The van der Waals surface area contributed by atoms with Crippen molar-refractivity contribution in [3.05, 3.63) is 29.3 Å². The van der Waals surface area contributed by atoms with E-state index in [4.69, 9.17) is 11.6 Å². The van der Waals surface area contributed by atoms with Crippen molar-refractivity contribution in [3.63, 3.8) is 0 Å². The molecule has 1 amide bonds. The summed E-state index contributed by atoms with van der Waals surface area (Å²) in [5.74, 6) is 0.987. The molecule has 3 rings (SSSR count). The summed E-state index contributed by atoms with van der Waals surface area (Å²) in [6.07, 6.45) is 5.99. The van der Waals surface area contributed by atoms with Gasteiger partial charge in [-0.1, -0.05) is 54.8 Å². The van der Waals surface area contributed by atoms with Crippen LogP contribution in [0.15, 0.2) is 29.4 Å². The van der Waals surface area contributed by atoms with Crippen molar-refractivity contribution >= 4 is 29.3 Å². The summed E-state index contributed by atoms with van der Waals surface area (Å²) in [6.45, 7) is 7.62. The molecular weight excluding hydrogens is 392 g/mol. The Kier molecular flexibility index (Phi) is 7.41. The Morgan fingerprint density at radius 1 is 1.29 bits per heavy atom. The van der Waals surface area contributed by atoms with Crippen LogP contribution in [0, 0.1) is 0 Å². The van der Waals surface area contributed by atoms with Crippen molar-refractivity contribution in [1.82, 2.24) is 19.7 Å². The van der Waals surface area contributed by atoms with Crippen LogP contribution in [0.5, 0.6) is 0 Å². The molecule has 1 aromatic carbocycles. The number of halogens is 1. The van der Waals surface area contributed by atoms with Gasteiger partial charge in [-0.25, -0.2) is 0 Å². The van der Waals surface area contributed by atoms with E-state index in [0.717, 1.165) is 42.5 Å². The van der Waals surface area contributed by atoms with Gasteiger partial charge in [0, 0.05) is 29.7 Å². The predicted molar refractivity (Wildman–Crippen MR) is 116 cm³/mol. The fraction of sp³-hybridized carbons (Fsp3) is 0.571. The van der Waals surface area contributed by atoms with E-state index in [-0.39, 0.29) is 11.2 Å². The van der Waals surface area contributed by atoms with Crippen molar-refractivity contribution in [2.75, 3.05) is 6.54 Å². The summed E-state index contributed by atoms with van der Waals surface area (Å²) < 4.78 is 2.05. The van der Waals surface area contributed by atoms with Gasteiger partial charge in [-0.05, 0) is 45.7 Å². The van der Waals surface area contributed by atoms with Gasteiger partial charge < -0.3 is 9.47 Å². The Labute approximate surface area is 176 Å². The summed E-state index contributed by atoms with van der Waals surface area (Å²) in [5, 5.41) is 10.0. The maximum absolute atomic E-state index is 13.1. The van der Waals surface area contributed by atoms with Crippen molar-refractivity contribution in [2.24, 2.45) is 0 Å². The maximum Gasteiger partial charge on any atom is 0.236 e. The van der Waals surface area contributed by atoms with Crippen molar-refractivity contribution in [1.29, 1.82) is 0 Å². The zero-order valence-corrected chi connectivity index (χ0v) is 18.5. The topological polar surface area (TPSA) is 51.0 Å². The van der Waals surface area contributed by atoms with Crippen LogP contribution in [-0.4, -0.2) is 43.4 Å². The lowest BCUT2D eigenvalue weighted by molar-refractivity contribution is -0.133. The number of rotatable bonds is 7. The molecule has 152 valence electrons. The number of carbonyl (C=O) groups excluding carboxylic acids is 1. The monoisotopic (exact) mass is 420 g/mol. The normalized spacial score (nSPS) is 16.1. The molecule has 0 bridgehead atoms. The minimum Gasteiger partial charge on any atom is -0.339 e. The van der Waals surface area contributed by atoms with Crippen LogP contribution in [0.25, 0.3) is 11.4 Å². The molecule has 1 heterocycles. The average molecular weight is 421 g/mol. The molecule has 28 heavy (non-hydrogen) atoms. The highest BCUT2D eigenvalue weighted by atomic mass is 35.5. The first-order valence-electron chi connectivity index (χ1n) is 10.2. The Balaban J connectivity index is 1.76. The predicted octanol–water partition coefficient (Wildman–Crippen LogP) is 5.28. The fourth-order valence-corrected chi connectivity index (χ4v) is 5.10. The number of amides is 1. The molecule has 1 fully saturated rings. The van der Waals surface area contributed by atoms with Crippen molar-refractivity contribution in [3.8, 4) is 11.4 Å². The third kappa shape index (κ3) is 4.71. The van der Waals surface area contributed by atoms with E-state index in [0.29, 0.717) is 11.1 Å². The van der Waals surface area contributed by atoms with Gasteiger partial charge in [-0.2, -0.15) is 0 Å². The standard InChI is InChI=1S/C21H29ClN4OS/c1-4-25(18-12-7-6-8-13-18)20(27)15(3)28-21-24-23-19(26(21)5-2)16-10-9-11-17(22)14-16/h9-11,14-15,18H,4-8,12-13H2,1-3H3. The number of hydrogen-bond acceptors (Lipinski definition) is 4. The molecule has 1 aliphatic carbocycles. The Hall–Kier alpha value is -1.53. The number of aromatic nitrogens is 3. The molecule has 1 atom stereocenters. The first-order chi connectivity index (χ1) is 13.5. The van der Waals surface area contributed by atoms with E-state index in [9.17, 15) is 4.79 Å². The van der Waals surface area contributed by atoms with Crippen LogP contribution in [0.3, 0.4) is 0 Å². The van der Waals surface area contributed by atoms with Crippen LogP contribution in [-0.2, 0) is 11.3 Å². The van der Waals surface area contributed by atoms with E-state index < -0.39 is 0 Å². The molecular formula is C21H29ClN4OS. The highest BCUT2D eigenvalue weighted by Crippen LogP contribution is 2.30. The quantitative estimate of drug-likeness (QED) is 0.571. The van der Waals surface area contributed by atoms with Gasteiger partial charge in [0.2, 0.25) is 5.91 Å². The molecule has 7 heteroatoms. The molecule has 0 saturated heterocycles. The van der Waals surface area contributed by atoms with Crippen LogP contribution >= 0.6 is 23.4 Å². The van der Waals surface area contributed by atoms with Gasteiger partial charge >= 0.3 is 0 Å². The van der Waals surface area contributed by atoms with Crippen molar-refractivity contribution < 1.29 is 4.79 Å². The minimum atomic E-state index is -0.191. The summed E-state index contributed by atoms with van der Waals surface area (Å²) in [7, 11) is 0. The molecule has 0 N–H and O–H groups in total. The Morgan fingerprint density at radius 3 is 2.68 bits per heavy atom. The molecule has 0 spiro atoms. The molecule has 1 aromatic heterocycles. The first-order valence-corrected chi connectivity index (χ1v) is 11.5. The lowest BCUT2D eigenvalue weighted by Gasteiger charge is -2.35. The van der Waals surface area contributed by atoms with Gasteiger partial charge in [0.25, 0.3) is 0 Å². The molecule has 0 aliphatic heterocycles. The summed E-state index contributed by atoms with van der Waals surface area (Å²) in [4.78, 5) is 15.2. The summed E-state index contributed by atoms with van der Waals surface area (Å²) in [5.41, 5.74) is 0.935. The molecule has 0 radical (unpaired) electrons. The molecule has 1 saturated carbocycles. The van der Waals surface area contributed by atoms with Crippen LogP contribution < -0.4 is 0 Å². The summed E-state index contributed by atoms with van der Waals surface area (Å²) >= 11 is 7.63. The van der Waals surface area contributed by atoms with Crippen LogP contribution in [0.2, 0.25) is 5.02 Å². The molecule has 1 aliphatic rings.